The first-order chi connectivity index (χ1) is 12.7. The molecule has 142 valence electrons. The number of nitrogens with zero attached hydrogens (tertiary/aromatic N) is 2. The van der Waals surface area contributed by atoms with Crippen LogP contribution in [-0.4, -0.2) is 55.3 Å². The van der Waals surface area contributed by atoms with Gasteiger partial charge in [0.25, 0.3) is 17.7 Å². The Morgan fingerprint density at radius 3 is 2.00 bits per heavy atom. The Morgan fingerprint density at radius 1 is 1.07 bits per heavy atom. The summed E-state index contributed by atoms with van der Waals surface area (Å²) in [7, 11) is 0. The summed E-state index contributed by atoms with van der Waals surface area (Å²) in [5, 5.41) is 8.96. The van der Waals surface area contributed by atoms with Crippen LogP contribution in [0, 0.1) is 0 Å². The van der Waals surface area contributed by atoms with E-state index in [0.717, 1.165) is 4.90 Å². The van der Waals surface area contributed by atoms with Gasteiger partial charge in [-0.3, -0.25) is 24.2 Å². The summed E-state index contributed by atoms with van der Waals surface area (Å²) in [5.74, 6) is -2.80. The molecule has 0 bridgehead atoms. The molecular formula is C19H20N2O5S. The van der Waals surface area contributed by atoms with E-state index in [1.807, 2.05) is 13.8 Å². The highest BCUT2D eigenvalue weighted by Gasteiger charge is 2.58. The monoisotopic (exact) mass is 388 g/mol. The van der Waals surface area contributed by atoms with E-state index in [1.54, 1.807) is 38.1 Å². The van der Waals surface area contributed by atoms with Gasteiger partial charge in [-0.15, -0.1) is 11.8 Å². The number of fused-ring (bicyclic) bond motifs is 1. The predicted molar refractivity (Wildman–Crippen MR) is 100 cm³/mol. The molecule has 0 saturated carbocycles. The fraction of sp³-hybridized carbons (Fsp3) is 0.368. The van der Waals surface area contributed by atoms with Crippen molar-refractivity contribution in [2.75, 3.05) is 0 Å². The summed E-state index contributed by atoms with van der Waals surface area (Å²) in [6.07, 6.45) is 0. The fourth-order valence-electron chi connectivity index (χ4n) is 3.36. The number of β-lactam (4-membered cyclic amide) rings is 1. The van der Waals surface area contributed by atoms with Gasteiger partial charge < -0.3 is 5.11 Å². The Morgan fingerprint density at radius 2 is 1.59 bits per heavy atom. The Bertz CT molecular complexity index is 853. The number of carboxylic acids is 1. The van der Waals surface area contributed by atoms with Crippen molar-refractivity contribution in [2.24, 2.45) is 0 Å². The molecule has 0 aliphatic carbocycles. The minimum absolute atomic E-state index is 0.0653. The number of hydrogen-bond donors (Lipinski definition) is 1. The number of amides is 3. The topological polar surface area (TPSA) is 95.0 Å². The second-order valence-corrected chi connectivity index (χ2v) is 8.61. The van der Waals surface area contributed by atoms with E-state index in [0.29, 0.717) is 5.57 Å². The molecule has 8 heteroatoms. The van der Waals surface area contributed by atoms with Crippen molar-refractivity contribution in [3.8, 4) is 0 Å². The maximum absolute atomic E-state index is 12.9. The number of carboxylic acid groups (broad SMARTS) is 1. The lowest BCUT2D eigenvalue weighted by Crippen LogP contribution is -2.70. The van der Waals surface area contributed by atoms with E-state index in [9.17, 15) is 24.3 Å². The molecule has 1 fully saturated rings. The van der Waals surface area contributed by atoms with Gasteiger partial charge in [-0.05, 0) is 31.6 Å². The summed E-state index contributed by atoms with van der Waals surface area (Å²) >= 11 is 1.36. The lowest BCUT2D eigenvalue weighted by Gasteiger charge is -2.49. The molecule has 2 aliphatic heterocycles. The van der Waals surface area contributed by atoms with Crippen LogP contribution < -0.4 is 0 Å². The molecule has 1 saturated heterocycles. The van der Waals surface area contributed by atoms with Crippen LogP contribution in [0.1, 0.15) is 48.4 Å². The molecule has 7 nitrogen and oxygen atoms in total. The van der Waals surface area contributed by atoms with E-state index in [4.69, 9.17) is 0 Å². The van der Waals surface area contributed by atoms with Gasteiger partial charge in [0.1, 0.15) is 17.1 Å². The highest BCUT2D eigenvalue weighted by Crippen LogP contribution is 2.41. The number of imide groups is 1. The highest BCUT2D eigenvalue weighted by molar-refractivity contribution is 8.00. The van der Waals surface area contributed by atoms with Gasteiger partial charge in [0.15, 0.2) is 0 Å². The number of carbonyl (C=O) groups is 4. The molecule has 0 radical (unpaired) electrons. The molecule has 1 N–H and O–H groups in total. The highest BCUT2D eigenvalue weighted by atomic mass is 32.2. The molecule has 0 aromatic heterocycles. The second kappa shape index (κ2) is 6.84. The standard InChI is InChI=1S/C19H20N2O5S/c1-9(2)13(19(25)26)21-17(24)14(18(21)27-10(3)4)20-15(22)11-7-5-6-8-12(11)16(20)23/h5-8,10,14,18H,1-4H3,(H,25,26)/t14-,18-/m1/s1. The average molecular weight is 388 g/mol. The number of hydrogen-bond acceptors (Lipinski definition) is 5. The first kappa shape index (κ1) is 19.2. The number of carbonyl (C=O) groups excluding carboxylic acids is 3. The smallest absolute Gasteiger partial charge is 0.352 e. The van der Waals surface area contributed by atoms with Gasteiger partial charge >= 0.3 is 5.97 Å². The summed E-state index contributed by atoms with van der Waals surface area (Å²) in [6, 6.07) is 5.42. The van der Waals surface area contributed by atoms with Gasteiger partial charge in [-0.2, -0.15) is 0 Å². The van der Waals surface area contributed by atoms with E-state index < -0.39 is 35.1 Å². The summed E-state index contributed by atoms with van der Waals surface area (Å²) in [5.41, 5.74) is 0.905. The van der Waals surface area contributed by atoms with Crippen LogP contribution in [0.5, 0.6) is 0 Å². The number of thioether (sulfide) groups is 1. The van der Waals surface area contributed by atoms with Crippen molar-refractivity contribution in [2.45, 2.75) is 44.4 Å². The van der Waals surface area contributed by atoms with Crippen molar-refractivity contribution in [3.05, 3.63) is 46.7 Å². The van der Waals surface area contributed by atoms with Gasteiger partial charge in [0, 0.05) is 5.25 Å². The summed E-state index contributed by atoms with van der Waals surface area (Å²) in [6.45, 7) is 7.05. The number of rotatable bonds is 5. The van der Waals surface area contributed by atoms with E-state index in [1.165, 1.54) is 16.7 Å². The van der Waals surface area contributed by atoms with Crippen LogP contribution in [-0.2, 0) is 9.59 Å². The van der Waals surface area contributed by atoms with Crippen molar-refractivity contribution < 1.29 is 24.3 Å². The van der Waals surface area contributed by atoms with Crippen molar-refractivity contribution >= 4 is 35.5 Å². The molecular weight excluding hydrogens is 368 g/mol. The van der Waals surface area contributed by atoms with E-state index >= 15 is 0 Å². The predicted octanol–water partition coefficient (Wildman–Crippen LogP) is 2.34. The first-order valence-corrected chi connectivity index (χ1v) is 9.47. The lowest BCUT2D eigenvalue weighted by atomic mass is 10.0. The minimum atomic E-state index is -1.21. The van der Waals surface area contributed by atoms with Crippen LogP contribution in [0.2, 0.25) is 0 Å². The van der Waals surface area contributed by atoms with Gasteiger partial charge in [0.2, 0.25) is 0 Å². The largest absolute Gasteiger partial charge is 0.477 e. The van der Waals surface area contributed by atoms with Crippen LogP contribution in [0.4, 0.5) is 0 Å². The Kier molecular flexibility index (Phi) is 4.86. The summed E-state index contributed by atoms with van der Waals surface area (Å²) < 4.78 is 0. The molecule has 3 amide bonds. The van der Waals surface area contributed by atoms with Crippen LogP contribution >= 0.6 is 11.8 Å². The van der Waals surface area contributed by atoms with Crippen molar-refractivity contribution in [1.29, 1.82) is 0 Å². The first-order valence-electron chi connectivity index (χ1n) is 8.53. The molecule has 2 heterocycles. The number of benzene rings is 1. The Balaban J connectivity index is 2.01. The number of likely N-dealkylation sites (tertiary alicyclic amines) is 1. The zero-order valence-electron chi connectivity index (χ0n) is 15.4. The zero-order chi connectivity index (χ0) is 20.0. The molecule has 1 aromatic rings. The second-order valence-electron chi connectivity index (χ2n) is 6.91. The van der Waals surface area contributed by atoms with Gasteiger partial charge in [0.05, 0.1) is 11.1 Å². The maximum atomic E-state index is 12.9. The van der Waals surface area contributed by atoms with Crippen LogP contribution in [0.25, 0.3) is 0 Å². The fourth-order valence-corrected chi connectivity index (χ4v) is 4.63. The van der Waals surface area contributed by atoms with Gasteiger partial charge in [-0.1, -0.05) is 26.0 Å². The molecule has 1 aromatic carbocycles. The molecule has 2 aliphatic rings. The normalized spacial score (nSPS) is 21.4. The van der Waals surface area contributed by atoms with Crippen LogP contribution in [0.3, 0.4) is 0 Å². The molecule has 3 rings (SSSR count). The third kappa shape index (κ3) is 2.93. The maximum Gasteiger partial charge on any atom is 0.352 e. The van der Waals surface area contributed by atoms with E-state index in [2.05, 4.69) is 0 Å². The van der Waals surface area contributed by atoms with Crippen molar-refractivity contribution in [3.63, 3.8) is 0 Å². The molecule has 2 atom stereocenters. The quantitative estimate of drug-likeness (QED) is 0.473. The summed E-state index contributed by atoms with van der Waals surface area (Å²) in [4.78, 5) is 52.3. The van der Waals surface area contributed by atoms with Gasteiger partial charge in [-0.25, -0.2) is 4.79 Å². The third-order valence-electron chi connectivity index (χ3n) is 4.45. The SMILES string of the molecule is CC(C)=C(C(=O)O)N1C(=O)[C@@H](N2C(=O)c3ccccc3C2=O)[C@H]1SC(C)C. The number of aliphatic carboxylic acids is 1. The lowest BCUT2D eigenvalue weighted by molar-refractivity contribution is -0.151. The average Bonchev–Trinajstić information content (AvgIpc) is 2.83. The Labute approximate surface area is 161 Å². The van der Waals surface area contributed by atoms with E-state index in [-0.39, 0.29) is 22.1 Å². The molecule has 0 spiro atoms. The third-order valence-corrected chi connectivity index (χ3v) is 5.74. The van der Waals surface area contributed by atoms with Crippen LogP contribution in [0.15, 0.2) is 35.5 Å². The molecule has 0 unspecified atom stereocenters. The van der Waals surface area contributed by atoms with Crippen molar-refractivity contribution in [1.82, 2.24) is 9.80 Å². The Hall–Kier alpha value is -2.61. The molecule has 27 heavy (non-hydrogen) atoms. The minimum Gasteiger partial charge on any atom is -0.477 e. The number of allylic oxidation sites excluding steroid dienone is 1. The zero-order valence-corrected chi connectivity index (χ0v) is 16.2.